The van der Waals surface area contributed by atoms with Crippen molar-refractivity contribution in [2.24, 2.45) is 0 Å². The Balaban J connectivity index is 0.958. The van der Waals surface area contributed by atoms with Crippen LogP contribution in [0.5, 0.6) is 0 Å². The third-order valence-electron chi connectivity index (χ3n) is 12.2. The Morgan fingerprint density at radius 2 is 0.638 bits per heavy atom. The monoisotopic (exact) mass is 758 g/mol. The van der Waals surface area contributed by atoms with Crippen LogP contribution in [-0.2, 0) is 4.57 Å². The van der Waals surface area contributed by atoms with Crippen molar-refractivity contribution in [3.8, 4) is 44.8 Å². The minimum Gasteiger partial charge on any atom is -0.309 e. The van der Waals surface area contributed by atoms with Crippen LogP contribution in [0.4, 0.5) is 0 Å². The van der Waals surface area contributed by atoms with E-state index in [-0.39, 0.29) is 0 Å². The van der Waals surface area contributed by atoms with E-state index in [4.69, 9.17) is 0 Å². The summed E-state index contributed by atoms with van der Waals surface area (Å²) in [4.78, 5) is 0. The van der Waals surface area contributed by atoms with Gasteiger partial charge in [-0.05, 0) is 106 Å². The molecule has 0 fully saturated rings. The fraction of sp³-hybridized carbons (Fsp3) is 0. The predicted octanol–water partition coefficient (Wildman–Crippen LogP) is 12.8. The standard InChI is InChI=1S/C54H35N2OP/c57-58(42-12-2-1-3-13-42)53-32-26-38(36-22-28-40(29-23-36)55-49-18-8-4-14-43(49)44-15-5-9-19-50(44)55)34-47(53)48-35-39(27-33-54(48)58)37-24-30-41(31-25-37)56-51-20-10-6-16-45(51)46-17-7-11-21-52(46)56/h1-35H. The van der Waals surface area contributed by atoms with Gasteiger partial charge in [0.15, 0.2) is 7.14 Å². The van der Waals surface area contributed by atoms with Gasteiger partial charge in [0.25, 0.3) is 0 Å². The molecule has 0 N–H and O–H groups in total. The number of hydrogen-bond donors (Lipinski definition) is 0. The van der Waals surface area contributed by atoms with Crippen LogP contribution in [0.3, 0.4) is 0 Å². The van der Waals surface area contributed by atoms with Crippen molar-refractivity contribution in [2.45, 2.75) is 0 Å². The summed E-state index contributed by atoms with van der Waals surface area (Å²) in [6.45, 7) is 0. The largest absolute Gasteiger partial charge is 0.309 e. The third-order valence-corrected chi connectivity index (χ3v) is 15.3. The molecule has 3 heterocycles. The van der Waals surface area contributed by atoms with Gasteiger partial charge in [-0.25, -0.2) is 0 Å². The van der Waals surface area contributed by atoms with E-state index < -0.39 is 7.14 Å². The third kappa shape index (κ3) is 4.78. The van der Waals surface area contributed by atoms with Gasteiger partial charge in [0.2, 0.25) is 0 Å². The normalized spacial score (nSPS) is 13.0. The van der Waals surface area contributed by atoms with Gasteiger partial charge in [-0.15, -0.1) is 0 Å². The molecular formula is C54H35N2OP. The molecular weight excluding hydrogens is 724 g/mol. The molecule has 9 aromatic carbocycles. The number of hydrogen-bond acceptors (Lipinski definition) is 1. The molecule has 0 aliphatic carbocycles. The summed E-state index contributed by atoms with van der Waals surface area (Å²) in [6.07, 6.45) is 0. The highest BCUT2D eigenvalue weighted by atomic mass is 31.2. The Kier molecular flexibility index (Phi) is 7.20. The SMILES string of the molecule is O=P1(c2ccccc2)c2ccc(-c3ccc(-n4c5ccccc5c5ccccc54)cc3)cc2-c2cc(-c3ccc(-n4c5ccccc5c5ccccc54)cc3)ccc21. The van der Waals surface area contributed by atoms with Crippen molar-refractivity contribution in [1.82, 2.24) is 9.13 Å². The van der Waals surface area contributed by atoms with E-state index in [0.29, 0.717) is 0 Å². The van der Waals surface area contributed by atoms with Gasteiger partial charge in [-0.3, -0.25) is 0 Å². The molecule has 58 heavy (non-hydrogen) atoms. The second kappa shape index (κ2) is 12.7. The molecule has 0 saturated carbocycles. The molecule has 11 aromatic rings. The Bertz CT molecular complexity index is 3150. The lowest BCUT2D eigenvalue weighted by Crippen LogP contribution is -2.20. The average molecular weight is 759 g/mol. The second-order valence-corrected chi connectivity index (χ2v) is 17.9. The molecule has 3 nitrogen and oxygen atoms in total. The van der Waals surface area contributed by atoms with Crippen molar-refractivity contribution >= 4 is 66.7 Å². The smallest absolute Gasteiger partial charge is 0.172 e. The van der Waals surface area contributed by atoms with Crippen molar-refractivity contribution in [1.29, 1.82) is 0 Å². The first-order valence-electron chi connectivity index (χ1n) is 19.8. The lowest BCUT2D eigenvalue weighted by atomic mass is 9.96. The summed E-state index contributed by atoms with van der Waals surface area (Å²) in [6, 6.07) is 75.2. The summed E-state index contributed by atoms with van der Waals surface area (Å²) >= 11 is 0. The van der Waals surface area contributed by atoms with E-state index in [0.717, 1.165) is 60.7 Å². The molecule has 0 spiro atoms. The van der Waals surface area contributed by atoms with Gasteiger partial charge in [0.05, 0.1) is 22.1 Å². The zero-order valence-electron chi connectivity index (χ0n) is 31.5. The highest BCUT2D eigenvalue weighted by Gasteiger charge is 2.40. The first-order chi connectivity index (χ1) is 28.6. The Labute approximate surface area is 336 Å². The number of nitrogens with zero attached hydrogens (tertiary/aromatic N) is 2. The maximum atomic E-state index is 15.5. The van der Waals surface area contributed by atoms with Gasteiger partial charge in [0.1, 0.15) is 0 Å². The first kappa shape index (κ1) is 33.0. The van der Waals surface area contributed by atoms with Crippen LogP contribution in [0.2, 0.25) is 0 Å². The zero-order chi connectivity index (χ0) is 38.4. The highest BCUT2D eigenvalue weighted by Crippen LogP contribution is 2.53. The number of fused-ring (bicyclic) bond motifs is 9. The van der Waals surface area contributed by atoms with Crippen LogP contribution in [0.15, 0.2) is 212 Å². The molecule has 1 aliphatic heterocycles. The molecule has 0 unspecified atom stereocenters. The minimum atomic E-state index is -3.11. The predicted molar refractivity (Wildman–Crippen MR) is 244 cm³/mol. The minimum absolute atomic E-state index is 0.863. The summed E-state index contributed by atoms with van der Waals surface area (Å²) in [5.74, 6) is 0. The van der Waals surface area contributed by atoms with Crippen LogP contribution in [0.25, 0.3) is 88.4 Å². The number of rotatable bonds is 5. The lowest BCUT2D eigenvalue weighted by molar-refractivity contribution is 0.593. The lowest BCUT2D eigenvalue weighted by Gasteiger charge is -2.16. The van der Waals surface area contributed by atoms with E-state index in [1.165, 1.54) is 43.6 Å². The number of benzene rings is 9. The van der Waals surface area contributed by atoms with Crippen LogP contribution in [0, 0.1) is 0 Å². The molecule has 0 bridgehead atoms. The summed E-state index contributed by atoms with van der Waals surface area (Å²) in [5, 5.41) is 7.67. The van der Waals surface area contributed by atoms with E-state index in [9.17, 15) is 0 Å². The van der Waals surface area contributed by atoms with Gasteiger partial charge < -0.3 is 13.7 Å². The first-order valence-corrected chi connectivity index (χ1v) is 21.5. The van der Waals surface area contributed by atoms with Crippen molar-refractivity contribution in [3.05, 3.63) is 212 Å². The van der Waals surface area contributed by atoms with Crippen LogP contribution in [-0.4, -0.2) is 9.13 Å². The van der Waals surface area contributed by atoms with E-state index in [1.54, 1.807) is 0 Å². The van der Waals surface area contributed by atoms with Crippen LogP contribution >= 0.6 is 7.14 Å². The fourth-order valence-electron chi connectivity index (χ4n) is 9.47. The maximum absolute atomic E-state index is 15.5. The summed E-state index contributed by atoms with van der Waals surface area (Å²) < 4.78 is 20.2. The molecule has 2 aromatic heterocycles. The van der Waals surface area contributed by atoms with E-state index in [2.05, 4.69) is 191 Å². The Hall–Kier alpha value is -7.19. The van der Waals surface area contributed by atoms with Crippen molar-refractivity contribution in [2.75, 3.05) is 0 Å². The molecule has 1 aliphatic rings. The second-order valence-electron chi connectivity index (χ2n) is 15.2. The zero-order valence-corrected chi connectivity index (χ0v) is 32.4. The number of aromatic nitrogens is 2. The van der Waals surface area contributed by atoms with Crippen LogP contribution in [0.1, 0.15) is 0 Å². The average Bonchev–Trinajstić information content (AvgIpc) is 3.90. The van der Waals surface area contributed by atoms with Gasteiger partial charge in [-0.1, -0.05) is 140 Å². The van der Waals surface area contributed by atoms with Gasteiger partial charge in [0, 0.05) is 48.8 Å². The van der Waals surface area contributed by atoms with E-state index in [1.807, 2.05) is 30.3 Å². The summed E-state index contributed by atoms with van der Waals surface area (Å²) in [7, 11) is -3.11. The number of para-hydroxylation sites is 4. The molecule has 12 rings (SSSR count). The Morgan fingerprint density at radius 1 is 0.310 bits per heavy atom. The molecule has 0 radical (unpaired) electrons. The summed E-state index contributed by atoms with van der Waals surface area (Å²) in [5.41, 5.74) is 13.5. The highest BCUT2D eigenvalue weighted by molar-refractivity contribution is 7.86. The van der Waals surface area contributed by atoms with Gasteiger partial charge >= 0.3 is 0 Å². The maximum Gasteiger partial charge on any atom is 0.172 e. The molecule has 0 amide bonds. The topological polar surface area (TPSA) is 26.9 Å². The molecule has 4 heteroatoms. The molecule has 0 atom stereocenters. The fourth-order valence-corrected chi connectivity index (χ4v) is 12.5. The Morgan fingerprint density at radius 3 is 1.02 bits per heavy atom. The van der Waals surface area contributed by atoms with Crippen molar-refractivity contribution < 1.29 is 4.57 Å². The molecule has 272 valence electrons. The van der Waals surface area contributed by atoms with E-state index >= 15 is 4.57 Å². The van der Waals surface area contributed by atoms with Crippen LogP contribution < -0.4 is 15.9 Å². The van der Waals surface area contributed by atoms with Gasteiger partial charge in [-0.2, -0.15) is 0 Å². The molecule has 0 saturated heterocycles. The quantitative estimate of drug-likeness (QED) is 0.161. The van der Waals surface area contributed by atoms with Crippen molar-refractivity contribution in [3.63, 3.8) is 0 Å².